The zero-order chi connectivity index (χ0) is 15.7. The number of fused-ring (bicyclic) bond motifs is 1. The first kappa shape index (κ1) is 14.2. The number of carbonyl (C=O) groups is 1. The van der Waals surface area contributed by atoms with Crippen LogP contribution in [0.15, 0.2) is 48.7 Å². The minimum absolute atomic E-state index is 0.205. The van der Waals surface area contributed by atoms with Gasteiger partial charge in [0, 0.05) is 16.5 Å². The molecule has 0 atom stereocenters. The van der Waals surface area contributed by atoms with Gasteiger partial charge < -0.3 is 0 Å². The van der Waals surface area contributed by atoms with Gasteiger partial charge in [0.1, 0.15) is 11.8 Å². The zero-order valence-electron chi connectivity index (χ0n) is 11.1. The number of hydrogen-bond acceptors (Lipinski definition) is 3. The Balaban J connectivity index is 2.30. The molecular formula is C16H9F3N2O. The number of aromatic nitrogens is 2. The van der Waals surface area contributed by atoms with Crippen LogP contribution in [-0.4, -0.2) is 16.5 Å². The monoisotopic (exact) mass is 302 g/mol. The van der Waals surface area contributed by atoms with Crippen LogP contribution in [0.5, 0.6) is 0 Å². The molecule has 22 heavy (non-hydrogen) atoms. The van der Waals surface area contributed by atoms with Crippen LogP contribution in [-0.2, 0) is 6.18 Å². The van der Waals surface area contributed by atoms with Crippen LogP contribution in [0.3, 0.4) is 0 Å². The van der Waals surface area contributed by atoms with Crippen LogP contribution in [0.25, 0.3) is 22.0 Å². The van der Waals surface area contributed by atoms with E-state index >= 15 is 0 Å². The molecule has 3 rings (SSSR count). The van der Waals surface area contributed by atoms with Gasteiger partial charge in [-0.05, 0) is 17.7 Å². The Morgan fingerprint density at radius 2 is 1.82 bits per heavy atom. The second-order valence-electron chi connectivity index (χ2n) is 4.70. The van der Waals surface area contributed by atoms with E-state index in [0.717, 1.165) is 6.07 Å². The van der Waals surface area contributed by atoms with Gasteiger partial charge in [-0.1, -0.05) is 30.3 Å². The Kier molecular flexibility index (Phi) is 3.36. The fourth-order valence-corrected chi connectivity index (χ4v) is 2.32. The van der Waals surface area contributed by atoms with Gasteiger partial charge in [0.15, 0.2) is 0 Å². The van der Waals surface area contributed by atoms with E-state index in [1.54, 1.807) is 30.3 Å². The average Bonchev–Trinajstić information content (AvgIpc) is 2.53. The number of carbonyl (C=O) groups excluding carboxylic acids is 1. The highest BCUT2D eigenvalue weighted by Crippen LogP contribution is 2.36. The van der Waals surface area contributed by atoms with Gasteiger partial charge in [-0.3, -0.25) is 4.79 Å². The lowest BCUT2D eigenvalue weighted by molar-refractivity contribution is -0.136. The van der Waals surface area contributed by atoms with E-state index in [0.29, 0.717) is 28.4 Å². The number of hydrogen-bond donors (Lipinski definition) is 0. The highest BCUT2D eigenvalue weighted by Gasteiger charge is 2.33. The summed E-state index contributed by atoms with van der Waals surface area (Å²) in [5.41, 5.74) is 0.521. The summed E-state index contributed by atoms with van der Waals surface area (Å²) in [6.45, 7) is 0. The Hall–Kier alpha value is -2.76. The molecule has 0 saturated heterocycles. The molecule has 3 nitrogen and oxygen atoms in total. The van der Waals surface area contributed by atoms with E-state index in [2.05, 4.69) is 10.2 Å². The summed E-state index contributed by atoms with van der Waals surface area (Å²) in [4.78, 5) is 10.9. The van der Waals surface area contributed by atoms with Crippen LogP contribution in [0.2, 0.25) is 0 Å². The molecular weight excluding hydrogens is 293 g/mol. The van der Waals surface area contributed by atoms with E-state index in [1.165, 1.54) is 12.3 Å². The maximum Gasteiger partial charge on any atom is 0.418 e. The summed E-state index contributed by atoms with van der Waals surface area (Å²) in [5.74, 6) is 0. The molecule has 1 aromatic heterocycles. The van der Waals surface area contributed by atoms with Crippen molar-refractivity contribution < 1.29 is 18.0 Å². The topological polar surface area (TPSA) is 42.9 Å². The Bertz CT molecular complexity index is 859. The number of alkyl halides is 3. The van der Waals surface area contributed by atoms with Crippen LogP contribution < -0.4 is 0 Å². The van der Waals surface area contributed by atoms with Crippen LogP contribution in [0.4, 0.5) is 13.2 Å². The molecule has 0 bridgehead atoms. The molecule has 2 aromatic carbocycles. The van der Waals surface area contributed by atoms with Crippen molar-refractivity contribution in [2.75, 3.05) is 0 Å². The van der Waals surface area contributed by atoms with Gasteiger partial charge in [-0.25, -0.2) is 0 Å². The number of halogens is 3. The molecule has 0 amide bonds. The number of benzene rings is 2. The van der Waals surface area contributed by atoms with E-state index < -0.39 is 11.7 Å². The molecule has 0 unspecified atom stereocenters. The zero-order valence-corrected chi connectivity index (χ0v) is 11.1. The molecule has 110 valence electrons. The lowest BCUT2D eigenvalue weighted by atomic mass is 9.99. The summed E-state index contributed by atoms with van der Waals surface area (Å²) in [6.07, 6.45) is -2.43. The fraction of sp³-hybridized carbons (Fsp3) is 0.0625. The van der Waals surface area contributed by atoms with Crippen molar-refractivity contribution in [1.82, 2.24) is 10.2 Å². The number of rotatable bonds is 2. The summed E-state index contributed by atoms with van der Waals surface area (Å²) in [5, 5.41) is 7.66. The van der Waals surface area contributed by atoms with Crippen molar-refractivity contribution in [3.63, 3.8) is 0 Å². The summed E-state index contributed by atoms with van der Waals surface area (Å²) in [6, 6.07) is 10.5. The van der Waals surface area contributed by atoms with Crippen LogP contribution in [0, 0.1) is 0 Å². The molecule has 0 aliphatic heterocycles. The Labute approximate surface area is 123 Å². The maximum absolute atomic E-state index is 13.1. The van der Waals surface area contributed by atoms with Crippen LogP contribution in [0.1, 0.15) is 15.9 Å². The standard InChI is InChI=1S/C16H9F3N2O/c17-16(18,19)14-6-2-5-12-13(8-20-21-15(12)14)11-4-1-3-10(7-11)9-22/h1-9H. The SMILES string of the molecule is O=Cc1cccc(-c2cnnc3c(C(F)(F)F)cccc23)c1. The molecule has 0 N–H and O–H groups in total. The quantitative estimate of drug-likeness (QED) is 0.668. The first-order chi connectivity index (χ1) is 10.5. The molecule has 0 radical (unpaired) electrons. The lowest BCUT2D eigenvalue weighted by Crippen LogP contribution is -2.07. The predicted octanol–water partition coefficient (Wildman–Crippen LogP) is 4.13. The summed E-state index contributed by atoms with van der Waals surface area (Å²) in [7, 11) is 0. The lowest BCUT2D eigenvalue weighted by Gasteiger charge is -2.11. The molecule has 6 heteroatoms. The van der Waals surface area contributed by atoms with E-state index in [-0.39, 0.29) is 5.52 Å². The van der Waals surface area contributed by atoms with E-state index in [1.807, 2.05) is 0 Å². The van der Waals surface area contributed by atoms with Gasteiger partial charge >= 0.3 is 6.18 Å². The first-order valence-corrected chi connectivity index (χ1v) is 6.38. The Morgan fingerprint density at radius 1 is 1.05 bits per heavy atom. The van der Waals surface area contributed by atoms with Gasteiger partial charge in [0.25, 0.3) is 0 Å². The number of aldehydes is 1. The van der Waals surface area contributed by atoms with Crippen molar-refractivity contribution in [2.24, 2.45) is 0 Å². The Morgan fingerprint density at radius 3 is 2.55 bits per heavy atom. The largest absolute Gasteiger partial charge is 0.418 e. The minimum Gasteiger partial charge on any atom is -0.298 e. The number of nitrogens with zero attached hydrogens (tertiary/aromatic N) is 2. The summed E-state index contributed by atoms with van der Waals surface area (Å²) < 4.78 is 39.2. The third-order valence-corrected chi connectivity index (χ3v) is 3.31. The van der Waals surface area contributed by atoms with Crippen LogP contribution >= 0.6 is 0 Å². The predicted molar refractivity (Wildman–Crippen MR) is 75.4 cm³/mol. The van der Waals surface area contributed by atoms with Crippen molar-refractivity contribution in [2.45, 2.75) is 6.18 Å². The third kappa shape index (κ3) is 2.43. The molecule has 0 aliphatic rings. The van der Waals surface area contributed by atoms with Crippen molar-refractivity contribution >= 4 is 17.2 Å². The molecule has 0 fully saturated rings. The second-order valence-corrected chi connectivity index (χ2v) is 4.70. The maximum atomic E-state index is 13.1. The molecule has 0 aliphatic carbocycles. The normalized spacial score (nSPS) is 11.6. The molecule has 3 aromatic rings. The van der Waals surface area contributed by atoms with Crippen molar-refractivity contribution in [3.8, 4) is 11.1 Å². The smallest absolute Gasteiger partial charge is 0.298 e. The molecule has 0 saturated carbocycles. The van der Waals surface area contributed by atoms with Gasteiger partial charge in [-0.15, -0.1) is 5.10 Å². The van der Waals surface area contributed by atoms with Gasteiger partial charge in [0.2, 0.25) is 0 Å². The first-order valence-electron chi connectivity index (χ1n) is 6.38. The van der Waals surface area contributed by atoms with E-state index in [9.17, 15) is 18.0 Å². The van der Waals surface area contributed by atoms with Crippen molar-refractivity contribution in [1.29, 1.82) is 0 Å². The summed E-state index contributed by atoms with van der Waals surface area (Å²) >= 11 is 0. The molecule has 1 heterocycles. The third-order valence-electron chi connectivity index (χ3n) is 3.31. The highest BCUT2D eigenvalue weighted by atomic mass is 19.4. The van der Waals surface area contributed by atoms with E-state index in [4.69, 9.17) is 0 Å². The fourth-order valence-electron chi connectivity index (χ4n) is 2.32. The second kappa shape index (κ2) is 5.22. The van der Waals surface area contributed by atoms with Crippen molar-refractivity contribution in [3.05, 3.63) is 59.8 Å². The minimum atomic E-state index is -4.50. The highest BCUT2D eigenvalue weighted by molar-refractivity contribution is 5.96. The average molecular weight is 302 g/mol. The molecule has 0 spiro atoms. The van der Waals surface area contributed by atoms with Gasteiger partial charge in [-0.2, -0.15) is 18.3 Å². The van der Waals surface area contributed by atoms with Gasteiger partial charge in [0.05, 0.1) is 11.8 Å².